The third kappa shape index (κ3) is 4.07. The molecule has 0 aliphatic carbocycles. The average Bonchev–Trinajstić information content (AvgIpc) is 3.27. The molecule has 2 heterocycles. The number of aliphatic hydroxyl groups is 1. The van der Waals surface area contributed by atoms with Crippen LogP contribution in [-0.2, 0) is 5.60 Å². The number of primary amides is 1. The third-order valence-electron chi connectivity index (χ3n) is 7.18. The van der Waals surface area contributed by atoms with E-state index in [4.69, 9.17) is 5.73 Å². The highest BCUT2D eigenvalue weighted by Crippen LogP contribution is 2.39. The predicted molar refractivity (Wildman–Crippen MR) is 156 cm³/mol. The molecule has 0 aliphatic heterocycles. The van der Waals surface area contributed by atoms with Crippen LogP contribution >= 0.6 is 0 Å². The number of hydrogen-bond acceptors (Lipinski definition) is 4. The van der Waals surface area contributed by atoms with E-state index in [0.717, 1.165) is 15.5 Å². The van der Waals surface area contributed by atoms with Gasteiger partial charge in [0.05, 0.1) is 33.6 Å². The zero-order chi connectivity index (χ0) is 29.1. The van der Waals surface area contributed by atoms with Crippen molar-refractivity contribution in [3.63, 3.8) is 0 Å². The molecule has 0 fully saturated rings. The molecule has 0 aliphatic rings. The van der Waals surface area contributed by atoms with Gasteiger partial charge in [0.15, 0.2) is 0 Å². The lowest BCUT2D eigenvalue weighted by molar-refractivity contribution is 0.0787. The summed E-state index contributed by atoms with van der Waals surface area (Å²) in [4.78, 5) is 44.3. The van der Waals surface area contributed by atoms with E-state index in [9.17, 15) is 23.9 Å². The van der Waals surface area contributed by atoms with E-state index in [2.05, 4.69) is 23.1 Å². The second-order valence-electron chi connectivity index (χ2n) is 10.1. The first-order chi connectivity index (χ1) is 18.8. The molecule has 9 heteroatoms. The van der Waals surface area contributed by atoms with E-state index < -0.39 is 28.6 Å². The van der Waals surface area contributed by atoms with Crippen molar-refractivity contribution < 1.29 is 14.3 Å². The Labute approximate surface area is 227 Å². The number of nitrogens with two attached hydrogens (primary N) is 1. The minimum Gasteiger partial charge on any atom is -0.386 e. The summed E-state index contributed by atoms with van der Waals surface area (Å²) in [5, 5.41) is 12.0. The zero-order valence-corrected chi connectivity index (χ0v) is 22.2. The maximum atomic E-state index is 14.0. The maximum Gasteiger partial charge on any atom is 0.333 e. The average molecular weight is 539 g/mol. The first-order valence-electron chi connectivity index (χ1n) is 12.4. The van der Waals surface area contributed by atoms with Crippen molar-refractivity contribution in [3.05, 3.63) is 110 Å². The summed E-state index contributed by atoms with van der Waals surface area (Å²) in [6.45, 7) is 11.9. The maximum absolute atomic E-state index is 14.0. The lowest BCUT2D eigenvalue weighted by Crippen LogP contribution is -2.36. The second kappa shape index (κ2) is 9.32. The number of rotatable bonds is 6. The molecule has 202 valence electrons. The van der Waals surface area contributed by atoms with E-state index in [-0.39, 0.29) is 11.3 Å². The van der Waals surface area contributed by atoms with Crippen LogP contribution in [0.3, 0.4) is 0 Å². The highest BCUT2D eigenvalue weighted by atomic mass is 19.1. The number of aromatic amines is 2. The summed E-state index contributed by atoms with van der Waals surface area (Å²) < 4.78 is 14.9. The molecule has 8 nitrogen and oxygen atoms in total. The Balaban J connectivity index is 1.84. The fraction of sp³-hybridized carbons (Fsp3) is 0.129. The van der Waals surface area contributed by atoms with E-state index in [1.165, 1.54) is 6.08 Å². The van der Waals surface area contributed by atoms with Crippen LogP contribution < -0.4 is 17.0 Å². The summed E-state index contributed by atoms with van der Waals surface area (Å²) in [6, 6.07) is 14.1. The molecule has 0 saturated carbocycles. The van der Waals surface area contributed by atoms with Gasteiger partial charge in [-0.2, -0.15) is 0 Å². The molecule has 0 unspecified atom stereocenters. The molecular weight excluding hydrogens is 511 g/mol. The number of carbonyl (C=O) groups excluding carboxylic acids is 1. The van der Waals surface area contributed by atoms with Gasteiger partial charge >= 0.3 is 5.69 Å². The fourth-order valence-electron chi connectivity index (χ4n) is 5.15. The topological polar surface area (TPSA) is 134 Å². The number of H-pyrrole nitrogens is 2. The van der Waals surface area contributed by atoms with Crippen LogP contribution in [0, 0.1) is 6.92 Å². The van der Waals surface area contributed by atoms with E-state index in [0.29, 0.717) is 44.4 Å². The van der Waals surface area contributed by atoms with Crippen LogP contribution in [-0.4, -0.2) is 25.5 Å². The van der Waals surface area contributed by atoms with E-state index >= 15 is 0 Å². The van der Waals surface area contributed by atoms with Crippen molar-refractivity contribution >= 4 is 39.6 Å². The number of nitrogens with one attached hydrogen (secondary N) is 2. The van der Waals surface area contributed by atoms with Crippen LogP contribution in [0.4, 0.5) is 4.39 Å². The minimum absolute atomic E-state index is 0.121. The SMILES string of the molecule is C=Cc1c(C(=C)F)[nH]c(=O)n(-c2cccc(-c3ccc(C(N)=O)c4[nH]c5cc(C(C)(C)O)ccc5c34)c2C)c1=O. The van der Waals surface area contributed by atoms with Crippen LogP contribution in [0.15, 0.2) is 71.3 Å². The van der Waals surface area contributed by atoms with Gasteiger partial charge < -0.3 is 20.8 Å². The van der Waals surface area contributed by atoms with Gasteiger partial charge in [-0.15, -0.1) is 0 Å². The first kappa shape index (κ1) is 26.6. The molecule has 0 radical (unpaired) electrons. The number of amides is 1. The normalized spacial score (nSPS) is 11.7. The monoisotopic (exact) mass is 538 g/mol. The van der Waals surface area contributed by atoms with E-state index in [1.54, 1.807) is 45.0 Å². The van der Waals surface area contributed by atoms with E-state index in [1.807, 2.05) is 24.3 Å². The second-order valence-corrected chi connectivity index (χ2v) is 10.1. The Kier molecular flexibility index (Phi) is 6.19. The highest BCUT2D eigenvalue weighted by molar-refractivity contribution is 6.20. The summed E-state index contributed by atoms with van der Waals surface area (Å²) >= 11 is 0. The van der Waals surface area contributed by atoms with Crippen molar-refractivity contribution in [2.24, 2.45) is 5.73 Å². The highest BCUT2D eigenvalue weighted by Gasteiger charge is 2.22. The smallest absolute Gasteiger partial charge is 0.333 e. The number of nitrogens with zero attached hydrogens (tertiary/aromatic N) is 1. The number of halogens is 1. The van der Waals surface area contributed by atoms with Gasteiger partial charge in [-0.05, 0) is 61.2 Å². The number of hydrogen-bond donors (Lipinski definition) is 4. The van der Waals surface area contributed by atoms with Crippen molar-refractivity contribution in [1.29, 1.82) is 0 Å². The summed E-state index contributed by atoms with van der Waals surface area (Å²) in [5.41, 5.74) is 7.10. The Morgan fingerprint density at radius 3 is 2.45 bits per heavy atom. The van der Waals surface area contributed by atoms with Gasteiger partial charge in [-0.3, -0.25) is 9.59 Å². The summed E-state index contributed by atoms with van der Waals surface area (Å²) in [5.74, 6) is -1.56. The quantitative estimate of drug-likeness (QED) is 0.241. The van der Waals surface area contributed by atoms with Gasteiger partial charge in [-0.1, -0.05) is 49.6 Å². The Morgan fingerprint density at radius 2 is 1.82 bits per heavy atom. The van der Waals surface area contributed by atoms with Crippen LogP contribution in [0.1, 0.15) is 46.6 Å². The third-order valence-corrected chi connectivity index (χ3v) is 7.18. The Bertz CT molecular complexity index is 2020. The molecule has 0 spiro atoms. The Morgan fingerprint density at radius 1 is 1.10 bits per heavy atom. The molecule has 5 N–H and O–H groups in total. The Hall–Kier alpha value is -5.02. The molecule has 2 aromatic heterocycles. The molecule has 0 atom stereocenters. The predicted octanol–water partition coefficient (Wildman–Crippen LogP) is 5.05. The molecule has 1 amide bonds. The van der Waals surface area contributed by atoms with Crippen molar-refractivity contribution in [3.8, 4) is 16.8 Å². The number of fused-ring (bicyclic) bond motifs is 3. The molecular formula is C31H27FN4O4. The van der Waals surface area contributed by atoms with Gasteiger partial charge in [0.25, 0.3) is 11.5 Å². The van der Waals surface area contributed by atoms with Crippen LogP contribution in [0.5, 0.6) is 0 Å². The standard InChI is InChI=1S/C31H27FN4O4/c1-6-18-26(16(3)32)35-30(39)36(29(18)38)24-9-7-8-19(15(24)2)20-12-13-22(28(33)37)27-25(20)21-11-10-17(31(4,5)40)14-23(21)34-27/h6-14,34,40H,1,3H2,2,4-5H3,(H2,33,37)(H,35,39). The zero-order valence-electron chi connectivity index (χ0n) is 22.2. The van der Waals surface area contributed by atoms with Crippen molar-refractivity contribution in [2.45, 2.75) is 26.4 Å². The molecule has 5 aromatic rings. The van der Waals surface area contributed by atoms with Crippen LogP contribution in [0.2, 0.25) is 0 Å². The molecule has 3 aromatic carbocycles. The van der Waals surface area contributed by atoms with Gasteiger partial charge in [-0.25, -0.2) is 13.8 Å². The lowest BCUT2D eigenvalue weighted by atomic mass is 9.92. The number of benzene rings is 3. The molecule has 0 saturated heterocycles. The molecule has 40 heavy (non-hydrogen) atoms. The number of aromatic nitrogens is 3. The fourth-order valence-corrected chi connectivity index (χ4v) is 5.15. The van der Waals surface area contributed by atoms with Gasteiger partial charge in [0, 0.05) is 16.3 Å². The first-order valence-corrected chi connectivity index (χ1v) is 12.4. The lowest BCUT2D eigenvalue weighted by Gasteiger charge is -2.17. The molecule has 0 bridgehead atoms. The molecule has 5 rings (SSSR count). The number of carbonyl (C=O) groups is 1. The van der Waals surface area contributed by atoms with Crippen molar-refractivity contribution in [1.82, 2.24) is 14.5 Å². The van der Waals surface area contributed by atoms with Crippen molar-refractivity contribution in [2.75, 3.05) is 0 Å². The summed E-state index contributed by atoms with van der Waals surface area (Å²) in [6.07, 6.45) is 1.17. The van der Waals surface area contributed by atoms with Gasteiger partial charge in [0.2, 0.25) is 0 Å². The largest absolute Gasteiger partial charge is 0.386 e. The van der Waals surface area contributed by atoms with Gasteiger partial charge in [0.1, 0.15) is 5.83 Å². The minimum atomic E-state index is -1.08. The van der Waals surface area contributed by atoms with Crippen LogP contribution in [0.25, 0.3) is 50.5 Å². The summed E-state index contributed by atoms with van der Waals surface area (Å²) in [7, 11) is 0.